The summed E-state index contributed by atoms with van der Waals surface area (Å²) in [7, 11) is 3.69. The molecule has 1 amide bonds. The molecule has 4 nitrogen and oxygen atoms in total. The normalized spacial score (nSPS) is 15.8. The number of benzene rings is 1. The van der Waals surface area contributed by atoms with Gasteiger partial charge < -0.3 is 10.2 Å². The van der Waals surface area contributed by atoms with E-state index >= 15 is 0 Å². The molecule has 0 saturated heterocycles. The van der Waals surface area contributed by atoms with E-state index in [4.69, 9.17) is 0 Å². The number of hydrogen-bond donors (Lipinski definition) is 1. The zero-order valence-electron chi connectivity index (χ0n) is 13.1. The second-order valence-electron chi connectivity index (χ2n) is 6.00. The van der Waals surface area contributed by atoms with E-state index in [0.717, 1.165) is 16.8 Å². The lowest BCUT2D eigenvalue weighted by Gasteiger charge is -2.15. The molecular formula is C17H22N2O2. The van der Waals surface area contributed by atoms with Gasteiger partial charge in [0.1, 0.15) is 5.41 Å². The highest BCUT2D eigenvalue weighted by atomic mass is 16.2. The van der Waals surface area contributed by atoms with Crippen LogP contribution in [-0.2, 0) is 9.59 Å². The third-order valence-corrected chi connectivity index (χ3v) is 3.81. The molecule has 112 valence electrons. The van der Waals surface area contributed by atoms with Crippen molar-refractivity contribution in [3.8, 4) is 0 Å². The minimum atomic E-state index is -0.857. The molecule has 0 atom stereocenters. The largest absolute Gasteiger partial charge is 0.383 e. The lowest BCUT2D eigenvalue weighted by Crippen LogP contribution is -2.31. The predicted octanol–water partition coefficient (Wildman–Crippen LogP) is 2.67. The quantitative estimate of drug-likeness (QED) is 0.669. The number of anilines is 1. The summed E-state index contributed by atoms with van der Waals surface area (Å²) in [6.45, 7) is 3.96. The summed E-state index contributed by atoms with van der Waals surface area (Å²) >= 11 is 0. The van der Waals surface area contributed by atoms with Gasteiger partial charge in [-0.2, -0.15) is 0 Å². The molecule has 1 fully saturated rings. The van der Waals surface area contributed by atoms with Crippen molar-refractivity contribution in [3.05, 3.63) is 41.6 Å². The number of carbonyl (C=O) groups excluding carboxylic acids is 2. The summed E-state index contributed by atoms with van der Waals surface area (Å²) in [5.74, 6) is -0.304. The molecule has 0 aromatic heterocycles. The fraction of sp³-hybridized carbons (Fsp3) is 0.412. The molecule has 21 heavy (non-hydrogen) atoms. The van der Waals surface area contributed by atoms with Gasteiger partial charge in [0.05, 0.1) is 0 Å². The van der Waals surface area contributed by atoms with Gasteiger partial charge >= 0.3 is 0 Å². The molecule has 1 N–H and O–H groups in total. The van der Waals surface area contributed by atoms with Crippen LogP contribution in [0, 0.1) is 19.3 Å². The van der Waals surface area contributed by atoms with Crippen molar-refractivity contribution in [3.63, 3.8) is 0 Å². The lowest BCUT2D eigenvalue weighted by molar-refractivity contribution is -0.130. The molecule has 0 aliphatic heterocycles. The van der Waals surface area contributed by atoms with Crippen molar-refractivity contribution in [2.75, 3.05) is 19.4 Å². The average molecular weight is 286 g/mol. The van der Waals surface area contributed by atoms with Crippen LogP contribution in [0.3, 0.4) is 0 Å². The van der Waals surface area contributed by atoms with Crippen LogP contribution in [-0.4, -0.2) is 30.7 Å². The number of aryl methyl sites for hydroxylation is 2. The van der Waals surface area contributed by atoms with Crippen LogP contribution in [0.25, 0.3) is 0 Å². The Morgan fingerprint density at radius 2 is 1.90 bits per heavy atom. The minimum Gasteiger partial charge on any atom is -0.383 e. The third kappa shape index (κ3) is 3.32. The van der Waals surface area contributed by atoms with Crippen LogP contribution in [0.4, 0.5) is 5.69 Å². The Balaban J connectivity index is 2.11. The maximum absolute atomic E-state index is 12.4. The fourth-order valence-corrected chi connectivity index (χ4v) is 2.28. The molecule has 2 rings (SSSR count). The molecule has 0 unspecified atom stereocenters. The number of nitrogens with zero attached hydrogens (tertiary/aromatic N) is 1. The monoisotopic (exact) mass is 286 g/mol. The molecule has 1 saturated carbocycles. The Morgan fingerprint density at radius 1 is 1.24 bits per heavy atom. The van der Waals surface area contributed by atoms with E-state index in [1.807, 2.05) is 46.1 Å². The minimum absolute atomic E-state index is 0.113. The van der Waals surface area contributed by atoms with Gasteiger partial charge in [0, 0.05) is 26.0 Å². The predicted molar refractivity (Wildman–Crippen MR) is 84.0 cm³/mol. The molecule has 4 heteroatoms. The molecule has 1 aliphatic rings. The first-order valence-corrected chi connectivity index (χ1v) is 7.13. The second-order valence-corrected chi connectivity index (χ2v) is 6.00. The van der Waals surface area contributed by atoms with Crippen molar-refractivity contribution in [2.24, 2.45) is 5.41 Å². The first-order chi connectivity index (χ1) is 9.85. The van der Waals surface area contributed by atoms with Gasteiger partial charge in [-0.15, -0.1) is 0 Å². The fourth-order valence-electron chi connectivity index (χ4n) is 2.28. The van der Waals surface area contributed by atoms with E-state index in [9.17, 15) is 9.59 Å². The van der Waals surface area contributed by atoms with Crippen LogP contribution < -0.4 is 5.32 Å². The zero-order valence-corrected chi connectivity index (χ0v) is 13.1. The van der Waals surface area contributed by atoms with Crippen LogP contribution in [0.5, 0.6) is 0 Å². The number of rotatable bonds is 5. The van der Waals surface area contributed by atoms with Gasteiger partial charge in [-0.25, -0.2) is 0 Å². The summed E-state index contributed by atoms with van der Waals surface area (Å²) in [6.07, 6.45) is 4.43. The van der Waals surface area contributed by atoms with Gasteiger partial charge in [0.2, 0.25) is 5.91 Å². The van der Waals surface area contributed by atoms with E-state index < -0.39 is 5.41 Å². The SMILES string of the molecule is Cc1ccc(NC(=O)C2(C(=O)/C=C/N(C)C)CC2)c(C)c1. The van der Waals surface area contributed by atoms with Crippen LogP contribution in [0.1, 0.15) is 24.0 Å². The van der Waals surface area contributed by atoms with E-state index in [2.05, 4.69) is 5.32 Å². The summed E-state index contributed by atoms with van der Waals surface area (Å²) < 4.78 is 0. The Kier molecular flexibility index (Phi) is 4.16. The number of nitrogens with one attached hydrogen (secondary N) is 1. The van der Waals surface area contributed by atoms with E-state index in [-0.39, 0.29) is 11.7 Å². The lowest BCUT2D eigenvalue weighted by atomic mass is 9.99. The smallest absolute Gasteiger partial charge is 0.238 e. The molecule has 0 radical (unpaired) electrons. The summed E-state index contributed by atoms with van der Waals surface area (Å²) in [4.78, 5) is 26.5. The number of carbonyl (C=O) groups is 2. The van der Waals surface area contributed by atoms with E-state index in [1.165, 1.54) is 6.08 Å². The molecule has 0 heterocycles. The number of hydrogen-bond acceptors (Lipinski definition) is 3. The molecular weight excluding hydrogens is 264 g/mol. The molecule has 1 aromatic carbocycles. The van der Waals surface area contributed by atoms with Crippen molar-refractivity contribution in [2.45, 2.75) is 26.7 Å². The number of amides is 1. The van der Waals surface area contributed by atoms with Crippen LogP contribution in [0.15, 0.2) is 30.5 Å². The van der Waals surface area contributed by atoms with Crippen LogP contribution >= 0.6 is 0 Å². The van der Waals surface area contributed by atoms with Gasteiger partial charge in [0.25, 0.3) is 0 Å². The molecule has 0 bridgehead atoms. The molecule has 1 aromatic rings. The molecule has 0 spiro atoms. The number of allylic oxidation sites excluding steroid dienone is 1. The van der Waals surface area contributed by atoms with E-state index in [1.54, 1.807) is 11.1 Å². The summed E-state index contributed by atoms with van der Waals surface area (Å²) in [5, 5.41) is 2.90. The number of ketones is 1. The van der Waals surface area contributed by atoms with Gasteiger partial charge in [-0.1, -0.05) is 17.7 Å². The van der Waals surface area contributed by atoms with Crippen molar-refractivity contribution < 1.29 is 9.59 Å². The first kappa shape index (κ1) is 15.3. The van der Waals surface area contributed by atoms with Crippen LogP contribution in [0.2, 0.25) is 0 Å². The Hall–Kier alpha value is -2.10. The Morgan fingerprint density at radius 3 is 2.43 bits per heavy atom. The average Bonchev–Trinajstić information content (AvgIpc) is 3.20. The topological polar surface area (TPSA) is 49.4 Å². The Bertz CT molecular complexity index is 599. The summed E-state index contributed by atoms with van der Waals surface area (Å²) in [5.41, 5.74) is 2.08. The van der Waals surface area contributed by atoms with Crippen molar-refractivity contribution in [1.29, 1.82) is 0 Å². The van der Waals surface area contributed by atoms with E-state index in [0.29, 0.717) is 12.8 Å². The highest BCUT2D eigenvalue weighted by molar-refractivity contribution is 6.17. The van der Waals surface area contributed by atoms with Crippen molar-refractivity contribution in [1.82, 2.24) is 4.90 Å². The summed E-state index contributed by atoms with van der Waals surface area (Å²) in [6, 6.07) is 5.86. The van der Waals surface area contributed by atoms with Gasteiger partial charge in [-0.3, -0.25) is 9.59 Å². The zero-order chi connectivity index (χ0) is 15.6. The second kappa shape index (κ2) is 5.72. The highest BCUT2D eigenvalue weighted by Crippen LogP contribution is 2.47. The third-order valence-electron chi connectivity index (χ3n) is 3.81. The standard InChI is InChI=1S/C17H22N2O2/c1-12-5-6-14(13(2)11-12)18-16(21)17(8-9-17)15(20)7-10-19(3)4/h5-7,10-11H,8-9H2,1-4H3,(H,18,21)/b10-7+. The van der Waals surface area contributed by atoms with Gasteiger partial charge in [-0.05, 0) is 44.4 Å². The maximum Gasteiger partial charge on any atom is 0.238 e. The first-order valence-electron chi connectivity index (χ1n) is 7.13. The molecule has 1 aliphatic carbocycles. The highest BCUT2D eigenvalue weighted by Gasteiger charge is 2.55. The maximum atomic E-state index is 12.4. The Labute approximate surface area is 125 Å². The van der Waals surface area contributed by atoms with Gasteiger partial charge in [0.15, 0.2) is 5.78 Å². The van der Waals surface area contributed by atoms with Crippen molar-refractivity contribution >= 4 is 17.4 Å².